The van der Waals surface area contributed by atoms with Gasteiger partial charge in [-0.15, -0.1) is 0 Å². The van der Waals surface area contributed by atoms with Crippen molar-refractivity contribution in [2.45, 2.75) is 25.8 Å². The highest BCUT2D eigenvalue weighted by atomic mass is 79.9. The molecule has 1 rings (SSSR count). The summed E-state index contributed by atoms with van der Waals surface area (Å²) >= 11 is 3.37. The van der Waals surface area contributed by atoms with E-state index in [1.807, 2.05) is 31.2 Å². The lowest BCUT2D eigenvalue weighted by atomic mass is 10.0. The molecule has 1 aromatic carbocycles. The Labute approximate surface area is 118 Å². The second-order valence-corrected chi connectivity index (χ2v) is 7.13. The van der Waals surface area contributed by atoms with Crippen molar-refractivity contribution in [1.82, 2.24) is 9.03 Å². The van der Waals surface area contributed by atoms with Crippen molar-refractivity contribution in [2.75, 3.05) is 14.1 Å². The van der Waals surface area contributed by atoms with Crippen LogP contribution in [0.5, 0.6) is 0 Å². The molecule has 0 saturated heterocycles. The molecule has 0 amide bonds. The van der Waals surface area contributed by atoms with Gasteiger partial charge < -0.3 is 0 Å². The minimum Gasteiger partial charge on any atom is -0.195 e. The normalized spacial score (nSPS) is 13.8. The molecule has 1 aromatic rings. The fourth-order valence-electron chi connectivity index (χ4n) is 1.56. The molecule has 18 heavy (non-hydrogen) atoms. The van der Waals surface area contributed by atoms with Crippen LogP contribution in [0.3, 0.4) is 0 Å². The van der Waals surface area contributed by atoms with Crippen molar-refractivity contribution in [3.8, 4) is 0 Å². The summed E-state index contributed by atoms with van der Waals surface area (Å²) in [5.74, 6) is 0. The monoisotopic (exact) mass is 334 g/mol. The van der Waals surface area contributed by atoms with Gasteiger partial charge in [0.2, 0.25) is 0 Å². The number of hydrogen-bond donors (Lipinski definition) is 1. The molecule has 1 unspecified atom stereocenters. The Kier molecular flexibility index (Phi) is 5.78. The highest BCUT2D eigenvalue weighted by Gasteiger charge is 2.20. The van der Waals surface area contributed by atoms with E-state index in [4.69, 9.17) is 0 Å². The van der Waals surface area contributed by atoms with Crippen LogP contribution in [0.25, 0.3) is 0 Å². The van der Waals surface area contributed by atoms with E-state index in [0.29, 0.717) is 0 Å². The summed E-state index contributed by atoms with van der Waals surface area (Å²) in [5.41, 5.74) is 0.977. The first-order valence-corrected chi connectivity index (χ1v) is 8.05. The van der Waals surface area contributed by atoms with Gasteiger partial charge in [0.25, 0.3) is 10.2 Å². The predicted molar refractivity (Wildman–Crippen MR) is 77.5 cm³/mol. The van der Waals surface area contributed by atoms with E-state index in [1.54, 1.807) is 0 Å². The number of nitrogens with one attached hydrogen (secondary N) is 1. The van der Waals surface area contributed by atoms with Crippen LogP contribution >= 0.6 is 15.9 Å². The Balaban J connectivity index is 2.93. The quantitative estimate of drug-likeness (QED) is 0.869. The lowest BCUT2D eigenvalue weighted by Gasteiger charge is -2.21. The van der Waals surface area contributed by atoms with Crippen LogP contribution in [0.1, 0.15) is 31.4 Å². The summed E-state index contributed by atoms with van der Waals surface area (Å²) in [5, 5.41) is 0. The van der Waals surface area contributed by atoms with Crippen molar-refractivity contribution in [3.05, 3.63) is 34.3 Å². The maximum Gasteiger partial charge on any atom is 0.279 e. The molecule has 0 aliphatic carbocycles. The van der Waals surface area contributed by atoms with E-state index in [1.165, 1.54) is 18.4 Å². The van der Waals surface area contributed by atoms with Crippen LogP contribution in [-0.2, 0) is 10.2 Å². The fraction of sp³-hybridized carbons (Fsp3) is 0.500. The molecule has 4 nitrogen and oxygen atoms in total. The third-order valence-corrected chi connectivity index (χ3v) is 4.69. The average Bonchev–Trinajstić information content (AvgIpc) is 2.29. The van der Waals surface area contributed by atoms with Crippen LogP contribution < -0.4 is 4.72 Å². The van der Waals surface area contributed by atoms with E-state index in [0.717, 1.165) is 22.9 Å². The van der Waals surface area contributed by atoms with Gasteiger partial charge in [0, 0.05) is 24.6 Å². The minimum atomic E-state index is -3.41. The molecule has 0 bridgehead atoms. The number of hydrogen-bond acceptors (Lipinski definition) is 2. The lowest BCUT2D eigenvalue weighted by Crippen LogP contribution is -2.38. The third-order valence-electron chi connectivity index (χ3n) is 2.62. The minimum absolute atomic E-state index is 0.185. The maximum absolute atomic E-state index is 11.9. The van der Waals surface area contributed by atoms with Crippen molar-refractivity contribution in [2.24, 2.45) is 0 Å². The van der Waals surface area contributed by atoms with E-state index in [9.17, 15) is 8.42 Å². The second-order valence-electron chi connectivity index (χ2n) is 4.30. The fourth-order valence-corrected chi connectivity index (χ4v) is 2.65. The number of nitrogens with zero attached hydrogens (tertiary/aromatic N) is 1. The molecule has 0 radical (unpaired) electrons. The Bertz CT molecular complexity index is 471. The first kappa shape index (κ1) is 15.6. The van der Waals surface area contributed by atoms with Gasteiger partial charge in [0.05, 0.1) is 0 Å². The molecular formula is C12H19BrN2O2S. The number of rotatable bonds is 6. The summed E-state index contributed by atoms with van der Waals surface area (Å²) < 4.78 is 28.6. The van der Waals surface area contributed by atoms with Gasteiger partial charge in [-0.25, -0.2) is 0 Å². The summed E-state index contributed by atoms with van der Waals surface area (Å²) in [6, 6.07) is 7.52. The summed E-state index contributed by atoms with van der Waals surface area (Å²) in [6.45, 7) is 2.04. The molecule has 0 heterocycles. The van der Waals surface area contributed by atoms with Crippen LogP contribution in [-0.4, -0.2) is 26.8 Å². The molecule has 1 N–H and O–H groups in total. The molecule has 6 heteroatoms. The van der Waals surface area contributed by atoms with Gasteiger partial charge >= 0.3 is 0 Å². The van der Waals surface area contributed by atoms with E-state index >= 15 is 0 Å². The van der Waals surface area contributed by atoms with Crippen LogP contribution in [0.15, 0.2) is 28.7 Å². The number of halogens is 1. The van der Waals surface area contributed by atoms with Gasteiger partial charge in [-0.05, 0) is 24.1 Å². The van der Waals surface area contributed by atoms with Crippen LogP contribution in [0.2, 0.25) is 0 Å². The van der Waals surface area contributed by atoms with E-state index < -0.39 is 10.2 Å². The van der Waals surface area contributed by atoms with E-state index in [2.05, 4.69) is 20.7 Å². The Morgan fingerprint density at radius 1 is 1.28 bits per heavy atom. The molecule has 0 saturated carbocycles. The number of benzene rings is 1. The summed E-state index contributed by atoms with van der Waals surface area (Å²) in [6.07, 6.45) is 1.69. The zero-order valence-electron chi connectivity index (χ0n) is 10.9. The third kappa shape index (κ3) is 4.35. The van der Waals surface area contributed by atoms with Crippen molar-refractivity contribution >= 4 is 26.1 Å². The first-order chi connectivity index (χ1) is 8.36. The Morgan fingerprint density at radius 2 is 1.83 bits per heavy atom. The lowest BCUT2D eigenvalue weighted by molar-refractivity contribution is 0.479. The molecule has 0 aliphatic heterocycles. The smallest absolute Gasteiger partial charge is 0.195 e. The highest BCUT2D eigenvalue weighted by molar-refractivity contribution is 9.10. The highest BCUT2D eigenvalue weighted by Crippen LogP contribution is 2.21. The molecular weight excluding hydrogens is 316 g/mol. The topological polar surface area (TPSA) is 49.4 Å². The van der Waals surface area contributed by atoms with Crippen LogP contribution in [0.4, 0.5) is 0 Å². The van der Waals surface area contributed by atoms with Crippen molar-refractivity contribution in [1.29, 1.82) is 0 Å². The van der Waals surface area contributed by atoms with Gasteiger partial charge in [0.15, 0.2) is 0 Å². The van der Waals surface area contributed by atoms with E-state index in [-0.39, 0.29) is 6.04 Å². The van der Waals surface area contributed by atoms with Crippen molar-refractivity contribution < 1.29 is 8.42 Å². The summed E-state index contributed by atoms with van der Waals surface area (Å²) in [7, 11) is -0.365. The average molecular weight is 335 g/mol. The standard InChI is InChI=1S/C12H19BrN2O2S/c1-4-5-12(14-18(16,17)15(2)3)10-6-8-11(13)9-7-10/h6-9,12,14H,4-5H2,1-3H3. The summed E-state index contributed by atoms with van der Waals surface area (Å²) in [4.78, 5) is 0. The molecule has 0 aliphatic rings. The molecule has 0 spiro atoms. The molecule has 0 fully saturated rings. The molecule has 1 atom stereocenters. The first-order valence-electron chi connectivity index (χ1n) is 5.82. The second kappa shape index (κ2) is 6.65. The van der Waals surface area contributed by atoms with Crippen molar-refractivity contribution in [3.63, 3.8) is 0 Å². The maximum atomic E-state index is 11.9. The largest absolute Gasteiger partial charge is 0.279 e. The Morgan fingerprint density at radius 3 is 2.28 bits per heavy atom. The van der Waals surface area contributed by atoms with Gasteiger partial charge in [-0.3, -0.25) is 0 Å². The predicted octanol–water partition coefficient (Wildman–Crippen LogP) is 2.69. The SMILES string of the molecule is CCCC(NS(=O)(=O)N(C)C)c1ccc(Br)cc1. The van der Waals surface area contributed by atoms with Crippen LogP contribution in [0, 0.1) is 0 Å². The zero-order chi connectivity index (χ0) is 13.8. The van der Waals surface area contributed by atoms with Gasteiger partial charge in [0.1, 0.15) is 0 Å². The molecule has 0 aromatic heterocycles. The zero-order valence-corrected chi connectivity index (χ0v) is 13.3. The molecule has 102 valence electrons. The Hall–Kier alpha value is -0.430. The van der Waals surface area contributed by atoms with Gasteiger partial charge in [-0.1, -0.05) is 41.4 Å². The van der Waals surface area contributed by atoms with Gasteiger partial charge in [-0.2, -0.15) is 17.4 Å².